The van der Waals surface area contributed by atoms with Gasteiger partial charge in [-0.2, -0.15) is 4.98 Å². The Balaban J connectivity index is 1.74. The SMILES string of the molecule is N=Cc1c(O)nc(OCc2cccc3c2OCO3)c2cc(F)ccc12. The number of hydrogen-bond donors (Lipinski definition) is 2. The van der Waals surface area contributed by atoms with Crippen LogP contribution in [0.3, 0.4) is 0 Å². The van der Waals surface area contributed by atoms with Crippen molar-refractivity contribution in [3.8, 4) is 23.3 Å². The van der Waals surface area contributed by atoms with Gasteiger partial charge in [-0.3, -0.25) is 0 Å². The first-order chi connectivity index (χ1) is 12.2. The van der Waals surface area contributed by atoms with Crippen LogP contribution in [0.25, 0.3) is 10.8 Å². The van der Waals surface area contributed by atoms with E-state index in [1.165, 1.54) is 18.2 Å². The average Bonchev–Trinajstić information content (AvgIpc) is 3.09. The quantitative estimate of drug-likeness (QED) is 0.711. The maximum absolute atomic E-state index is 13.7. The van der Waals surface area contributed by atoms with E-state index in [0.717, 1.165) is 11.8 Å². The van der Waals surface area contributed by atoms with E-state index in [9.17, 15) is 9.50 Å². The second kappa shape index (κ2) is 5.94. The van der Waals surface area contributed by atoms with E-state index in [1.54, 1.807) is 6.07 Å². The number of aromatic hydroxyl groups is 1. The number of rotatable bonds is 4. The summed E-state index contributed by atoms with van der Waals surface area (Å²) in [7, 11) is 0. The van der Waals surface area contributed by atoms with Crippen molar-refractivity contribution in [1.82, 2.24) is 4.98 Å². The molecule has 0 atom stereocenters. The van der Waals surface area contributed by atoms with Crippen molar-refractivity contribution in [2.24, 2.45) is 0 Å². The maximum atomic E-state index is 13.7. The summed E-state index contributed by atoms with van der Waals surface area (Å²) in [6.07, 6.45) is 0.974. The topological polar surface area (TPSA) is 84.7 Å². The minimum absolute atomic E-state index is 0.0779. The molecule has 7 heteroatoms. The van der Waals surface area contributed by atoms with Crippen LogP contribution in [0.15, 0.2) is 36.4 Å². The minimum Gasteiger partial charge on any atom is -0.493 e. The molecule has 0 amide bonds. The zero-order valence-corrected chi connectivity index (χ0v) is 13.0. The van der Waals surface area contributed by atoms with Crippen molar-refractivity contribution >= 4 is 17.0 Å². The summed E-state index contributed by atoms with van der Waals surface area (Å²) in [4.78, 5) is 3.97. The van der Waals surface area contributed by atoms with Gasteiger partial charge in [0.2, 0.25) is 18.6 Å². The third kappa shape index (κ3) is 2.59. The van der Waals surface area contributed by atoms with Crippen molar-refractivity contribution in [3.63, 3.8) is 0 Å². The van der Waals surface area contributed by atoms with Gasteiger partial charge in [-0.15, -0.1) is 0 Å². The van der Waals surface area contributed by atoms with Crippen LogP contribution in [0.5, 0.6) is 23.3 Å². The molecule has 0 aliphatic carbocycles. The fraction of sp³-hybridized carbons (Fsp3) is 0.111. The fourth-order valence-electron chi connectivity index (χ4n) is 2.77. The highest BCUT2D eigenvalue weighted by Gasteiger charge is 2.19. The molecule has 1 aliphatic rings. The Morgan fingerprint density at radius 1 is 1.24 bits per heavy atom. The van der Waals surface area contributed by atoms with Gasteiger partial charge < -0.3 is 24.7 Å². The summed E-state index contributed by atoms with van der Waals surface area (Å²) in [6, 6.07) is 9.43. The predicted molar refractivity (Wildman–Crippen MR) is 88.1 cm³/mol. The van der Waals surface area contributed by atoms with Crippen LogP contribution in [0.2, 0.25) is 0 Å². The molecule has 25 heavy (non-hydrogen) atoms. The number of hydrogen-bond acceptors (Lipinski definition) is 6. The molecular formula is C18H13FN2O4. The van der Waals surface area contributed by atoms with Crippen molar-refractivity contribution in [2.45, 2.75) is 6.61 Å². The van der Waals surface area contributed by atoms with Gasteiger partial charge in [0, 0.05) is 22.6 Å². The molecule has 0 spiro atoms. The molecule has 0 unspecified atom stereocenters. The average molecular weight is 340 g/mol. The normalized spacial score (nSPS) is 12.4. The third-order valence-corrected chi connectivity index (χ3v) is 3.94. The molecule has 6 nitrogen and oxygen atoms in total. The highest BCUT2D eigenvalue weighted by Crippen LogP contribution is 2.37. The number of fused-ring (bicyclic) bond motifs is 2. The molecule has 3 aromatic rings. The van der Waals surface area contributed by atoms with Crippen molar-refractivity contribution in [2.75, 3.05) is 6.79 Å². The lowest BCUT2D eigenvalue weighted by Gasteiger charge is -2.12. The predicted octanol–water partition coefficient (Wildman–Crippen LogP) is 3.38. The van der Waals surface area contributed by atoms with Gasteiger partial charge in [-0.1, -0.05) is 18.2 Å². The van der Waals surface area contributed by atoms with Gasteiger partial charge in [-0.25, -0.2) is 4.39 Å². The van der Waals surface area contributed by atoms with E-state index in [2.05, 4.69) is 4.98 Å². The standard InChI is InChI=1S/C18H13FN2O4/c19-11-4-5-12-13(6-11)18(21-17(22)14(12)7-20)23-8-10-2-1-3-15-16(10)25-9-24-15/h1-7,20H,8-9H2,(H,21,22). The molecule has 2 N–H and O–H groups in total. The molecule has 0 fully saturated rings. The molecule has 126 valence electrons. The zero-order valence-electron chi connectivity index (χ0n) is 13.0. The van der Waals surface area contributed by atoms with E-state index in [-0.39, 0.29) is 30.7 Å². The number of para-hydroxylation sites is 1. The largest absolute Gasteiger partial charge is 0.493 e. The number of nitrogens with one attached hydrogen (secondary N) is 1. The van der Waals surface area contributed by atoms with Crippen LogP contribution in [0.4, 0.5) is 4.39 Å². The highest BCUT2D eigenvalue weighted by molar-refractivity contribution is 6.02. The molecule has 1 aromatic heterocycles. The number of ether oxygens (including phenoxy) is 3. The van der Waals surface area contributed by atoms with Crippen LogP contribution in [0, 0.1) is 11.2 Å². The van der Waals surface area contributed by atoms with E-state index < -0.39 is 5.82 Å². The molecule has 0 radical (unpaired) electrons. The summed E-state index contributed by atoms with van der Waals surface area (Å²) in [5.74, 6) is 0.500. The van der Waals surface area contributed by atoms with Gasteiger partial charge in [0.1, 0.15) is 12.4 Å². The second-order valence-electron chi connectivity index (χ2n) is 5.43. The smallest absolute Gasteiger partial charge is 0.231 e. The van der Waals surface area contributed by atoms with Gasteiger partial charge in [0.05, 0.1) is 5.56 Å². The summed E-state index contributed by atoms with van der Waals surface area (Å²) >= 11 is 0. The molecular weight excluding hydrogens is 327 g/mol. The Kier molecular flexibility index (Phi) is 3.61. The van der Waals surface area contributed by atoms with Crippen LogP contribution >= 0.6 is 0 Å². The lowest BCUT2D eigenvalue weighted by molar-refractivity contribution is 0.171. The molecule has 2 heterocycles. The van der Waals surface area contributed by atoms with Crippen LogP contribution in [0.1, 0.15) is 11.1 Å². The van der Waals surface area contributed by atoms with Gasteiger partial charge in [-0.05, 0) is 18.2 Å². The third-order valence-electron chi connectivity index (χ3n) is 3.94. The van der Waals surface area contributed by atoms with E-state index in [1.807, 2.05) is 12.1 Å². The van der Waals surface area contributed by atoms with E-state index >= 15 is 0 Å². The zero-order chi connectivity index (χ0) is 17.4. The van der Waals surface area contributed by atoms with Gasteiger partial charge in [0.15, 0.2) is 11.5 Å². The Labute approximate surface area is 141 Å². The molecule has 2 aromatic carbocycles. The Morgan fingerprint density at radius 2 is 2.12 bits per heavy atom. The number of aromatic nitrogens is 1. The van der Waals surface area contributed by atoms with Crippen molar-refractivity contribution < 1.29 is 23.7 Å². The minimum atomic E-state index is -0.460. The monoisotopic (exact) mass is 340 g/mol. The fourth-order valence-corrected chi connectivity index (χ4v) is 2.77. The maximum Gasteiger partial charge on any atom is 0.231 e. The summed E-state index contributed by atoms with van der Waals surface area (Å²) < 4.78 is 30.1. The number of benzene rings is 2. The van der Waals surface area contributed by atoms with Crippen molar-refractivity contribution in [3.05, 3.63) is 53.3 Å². The summed E-state index contributed by atoms with van der Waals surface area (Å²) in [6.45, 7) is 0.252. The van der Waals surface area contributed by atoms with Crippen LogP contribution in [-0.2, 0) is 6.61 Å². The van der Waals surface area contributed by atoms with Crippen LogP contribution in [-0.4, -0.2) is 23.1 Å². The Hall–Kier alpha value is -3.35. The summed E-state index contributed by atoms with van der Waals surface area (Å²) in [5, 5.41) is 18.3. The van der Waals surface area contributed by atoms with Gasteiger partial charge in [0.25, 0.3) is 0 Å². The molecule has 0 saturated heterocycles. The molecule has 0 saturated carbocycles. The lowest BCUT2D eigenvalue weighted by atomic mass is 10.1. The molecule has 1 aliphatic heterocycles. The number of pyridine rings is 1. The highest BCUT2D eigenvalue weighted by atomic mass is 19.1. The van der Waals surface area contributed by atoms with Crippen LogP contribution < -0.4 is 14.2 Å². The van der Waals surface area contributed by atoms with E-state index in [4.69, 9.17) is 19.6 Å². The van der Waals surface area contributed by atoms with Crippen molar-refractivity contribution in [1.29, 1.82) is 5.41 Å². The second-order valence-corrected chi connectivity index (χ2v) is 5.43. The number of halogens is 1. The Bertz CT molecular complexity index is 990. The van der Waals surface area contributed by atoms with Gasteiger partial charge >= 0.3 is 0 Å². The lowest BCUT2D eigenvalue weighted by Crippen LogP contribution is -2.01. The number of nitrogens with zero attached hydrogens (tertiary/aromatic N) is 1. The van der Waals surface area contributed by atoms with E-state index in [0.29, 0.717) is 22.3 Å². The Morgan fingerprint density at radius 3 is 2.96 bits per heavy atom. The first kappa shape index (κ1) is 15.2. The summed E-state index contributed by atoms with van der Waals surface area (Å²) in [5.41, 5.74) is 0.955. The molecule has 0 bridgehead atoms. The first-order valence-corrected chi connectivity index (χ1v) is 7.50. The molecule has 4 rings (SSSR count). The first-order valence-electron chi connectivity index (χ1n) is 7.50.